The highest BCUT2D eigenvalue weighted by Gasteiger charge is 2.15. The number of para-hydroxylation sites is 1. The number of nitrogens with two attached hydrogens (primary N) is 2. The van der Waals surface area contributed by atoms with E-state index in [0.29, 0.717) is 18.7 Å². The predicted molar refractivity (Wildman–Crippen MR) is 72.6 cm³/mol. The summed E-state index contributed by atoms with van der Waals surface area (Å²) in [7, 11) is 1.89. The first-order chi connectivity index (χ1) is 8.65. The number of primary amides is 1. The Labute approximate surface area is 105 Å². The number of hydrogen-bond acceptors (Lipinski definition) is 4. The highest BCUT2D eigenvalue weighted by molar-refractivity contribution is 6.06. The summed E-state index contributed by atoms with van der Waals surface area (Å²) in [6, 6.07) is 7.65. The van der Waals surface area contributed by atoms with Gasteiger partial charge < -0.3 is 16.4 Å². The summed E-state index contributed by atoms with van der Waals surface area (Å²) in [4.78, 5) is 17.7. The molecule has 2 rings (SSSR count). The van der Waals surface area contributed by atoms with Crippen LogP contribution in [0.3, 0.4) is 0 Å². The Bertz CT molecular complexity index is 582. The van der Waals surface area contributed by atoms with Crippen LogP contribution in [0.4, 0.5) is 5.69 Å². The van der Waals surface area contributed by atoms with Crippen molar-refractivity contribution in [2.24, 2.45) is 11.5 Å². The minimum Gasteiger partial charge on any atom is -0.372 e. The van der Waals surface area contributed by atoms with E-state index < -0.39 is 5.91 Å². The van der Waals surface area contributed by atoms with Gasteiger partial charge in [-0.25, -0.2) is 0 Å². The van der Waals surface area contributed by atoms with E-state index in [4.69, 9.17) is 11.5 Å². The van der Waals surface area contributed by atoms with Crippen LogP contribution in [0.1, 0.15) is 10.4 Å². The summed E-state index contributed by atoms with van der Waals surface area (Å²) < 4.78 is 0. The van der Waals surface area contributed by atoms with Gasteiger partial charge in [0.25, 0.3) is 5.91 Å². The highest BCUT2D eigenvalue weighted by Crippen LogP contribution is 2.28. The second kappa shape index (κ2) is 5.01. The fourth-order valence-corrected chi connectivity index (χ4v) is 2.02. The number of fused-ring (bicyclic) bond motifs is 1. The van der Waals surface area contributed by atoms with Crippen LogP contribution in [-0.2, 0) is 0 Å². The number of anilines is 1. The molecule has 4 N–H and O–H groups in total. The molecule has 0 saturated heterocycles. The van der Waals surface area contributed by atoms with E-state index in [1.807, 2.05) is 36.2 Å². The van der Waals surface area contributed by atoms with Crippen molar-refractivity contribution in [1.82, 2.24) is 4.98 Å². The molecule has 5 heteroatoms. The zero-order chi connectivity index (χ0) is 13.1. The van der Waals surface area contributed by atoms with Gasteiger partial charge in [0.15, 0.2) is 0 Å². The lowest BCUT2D eigenvalue weighted by atomic mass is 10.1. The molecule has 2 aromatic rings. The number of benzene rings is 1. The van der Waals surface area contributed by atoms with E-state index in [1.54, 1.807) is 0 Å². The second-order valence-corrected chi connectivity index (χ2v) is 4.11. The van der Waals surface area contributed by atoms with E-state index in [1.165, 1.54) is 6.20 Å². The van der Waals surface area contributed by atoms with Gasteiger partial charge in [0.05, 0.1) is 16.8 Å². The molecule has 0 bridgehead atoms. The van der Waals surface area contributed by atoms with Crippen molar-refractivity contribution in [2.45, 2.75) is 0 Å². The maximum Gasteiger partial charge on any atom is 0.252 e. The van der Waals surface area contributed by atoms with Gasteiger partial charge in [0.1, 0.15) is 0 Å². The van der Waals surface area contributed by atoms with Crippen LogP contribution in [0.2, 0.25) is 0 Å². The summed E-state index contributed by atoms with van der Waals surface area (Å²) in [5.41, 5.74) is 13.0. The zero-order valence-electron chi connectivity index (χ0n) is 10.3. The topological polar surface area (TPSA) is 85.2 Å². The summed E-state index contributed by atoms with van der Waals surface area (Å²) >= 11 is 0. The number of amides is 1. The Morgan fingerprint density at radius 1 is 1.39 bits per heavy atom. The quantitative estimate of drug-likeness (QED) is 0.830. The van der Waals surface area contributed by atoms with Crippen LogP contribution in [0.15, 0.2) is 30.5 Å². The molecule has 0 unspecified atom stereocenters. The van der Waals surface area contributed by atoms with Crippen molar-refractivity contribution in [2.75, 3.05) is 25.0 Å². The minimum atomic E-state index is -0.480. The Kier molecular flexibility index (Phi) is 3.43. The molecule has 0 aliphatic heterocycles. The monoisotopic (exact) mass is 244 g/mol. The predicted octanol–water partition coefficient (Wildman–Crippen LogP) is 0.729. The number of rotatable bonds is 4. The van der Waals surface area contributed by atoms with Crippen molar-refractivity contribution >= 4 is 22.5 Å². The van der Waals surface area contributed by atoms with Crippen molar-refractivity contribution in [3.05, 3.63) is 36.0 Å². The van der Waals surface area contributed by atoms with E-state index in [9.17, 15) is 4.79 Å². The molecule has 1 aromatic carbocycles. The summed E-state index contributed by atoms with van der Waals surface area (Å²) in [6.07, 6.45) is 1.52. The summed E-state index contributed by atoms with van der Waals surface area (Å²) in [6.45, 7) is 1.15. The van der Waals surface area contributed by atoms with Gasteiger partial charge in [-0.2, -0.15) is 0 Å². The fourth-order valence-electron chi connectivity index (χ4n) is 2.02. The lowest BCUT2D eigenvalue weighted by Gasteiger charge is -2.22. The largest absolute Gasteiger partial charge is 0.372 e. The van der Waals surface area contributed by atoms with Crippen molar-refractivity contribution in [3.63, 3.8) is 0 Å². The van der Waals surface area contributed by atoms with Crippen LogP contribution < -0.4 is 16.4 Å². The molecule has 0 aliphatic carbocycles. The number of pyridine rings is 1. The van der Waals surface area contributed by atoms with E-state index >= 15 is 0 Å². The second-order valence-electron chi connectivity index (χ2n) is 4.11. The fraction of sp³-hybridized carbons (Fsp3) is 0.231. The number of aromatic nitrogens is 1. The third-order valence-electron chi connectivity index (χ3n) is 2.86. The molecule has 0 spiro atoms. The normalized spacial score (nSPS) is 10.6. The minimum absolute atomic E-state index is 0.421. The number of likely N-dealkylation sites (N-methyl/N-ethyl adjacent to an activating group) is 1. The number of hydrogen-bond donors (Lipinski definition) is 2. The van der Waals surface area contributed by atoms with E-state index in [-0.39, 0.29) is 0 Å². The average molecular weight is 244 g/mol. The van der Waals surface area contributed by atoms with Crippen LogP contribution in [0, 0.1) is 0 Å². The van der Waals surface area contributed by atoms with Crippen LogP contribution in [0.5, 0.6) is 0 Å². The first-order valence-corrected chi connectivity index (χ1v) is 5.74. The average Bonchev–Trinajstić information content (AvgIpc) is 2.37. The summed E-state index contributed by atoms with van der Waals surface area (Å²) in [5.74, 6) is -0.480. The van der Waals surface area contributed by atoms with Gasteiger partial charge in [-0.15, -0.1) is 0 Å². The van der Waals surface area contributed by atoms with Gasteiger partial charge in [0, 0.05) is 31.7 Å². The van der Waals surface area contributed by atoms with Gasteiger partial charge in [-0.1, -0.05) is 18.2 Å². The molecular formula is C13H16N4O. The van der Waals surface area contributed by atoms with Gasteiger partial charge in [-0.3, -0.25) is 9.78 Å². The van der Waals surface area contributed by atoms with E-state index in [2.05, 4.69) is 4.98 Å². The maximum absolute atomic E-state index is 11.5. The molecule has 0 saturated carbocycles. The molecule has 18 heavy (non-hydrogen) atoms. The van der Waals surface area contributed by atoms with Crippen molar-refractivity contribution in [3.8, 4) is 0 Å². The Morgan fingerprint density at radius 2 is 2.11 bits per heavy atom. The SMILES string of the molecule is CN(CCN)c1c(C(N)=O)cnc2ccccc12. The van der Waals surface area contributed by atoms with Crippen molar-refractivity contribution < 1.29 is 4.79 Å². The smallest absolute Gasteiger partial charge is 0.252 e. The molecule has 5 nitrogen and oxygen atoms in total. The molecule has 0 radical (unpaired) electrons. The van der Waals surface area contributed by atoms with Gasteiger partial charge in [-0.05, 0) is 6.07 Å². The lowest BCUT2D eigenvalue weighted by molar-refractivity contribution is 0.100. The molecule has 0 aliphatic rings. The lowest BCUT2D eigenvalue weighted by Crippen LogP contribution is -2.28. The van der Waals surface area contributed by atoms with Crippen molar-refractivity contribution in [1.29, 1.82) is 0 Å². The summed E-state index contributed by atoms with van der Waals surface area (Å²) in [5, 5.41) is 0.907. The Hall–Kier alpha value is -2.14. The molecule has 0 fully saturated rings. The molecule has 0 atom stereocenters. The molecule has 1 heterocycles. The van der Waals surface area contributed by atoms with Gasteiger partial charge in [0.2, 0.25) is 0 Å². The number of carbonyl (C=O) groups is 1. The van der Waals surface area contributed by atoms with Crippen LogP contribution >= 0.6 is 0 Å². The molecule has 94 valence electrons. The third kappa shape index (κ3) is 2.12. The Balaban J connectivity index is 2.70. The van der Waals surface area contributed by atoms with Crippen LogP contribution in [-0.4, -0.2) is 31.0 Å². The first kappa shape index (κ1) is 12.3. The standard InChI is InChI=1S/C13H16N4O/c1-17(7-6-14)12-9-4-2-3-5-11(9)16-8-10(12)13(15)18/h2-5,8H,6-7,14H2,1H3,(H2,15,18). The first-order valence-electron chi connectivity index (χ1n) is 5.74. The molecular weight excluding hydrogens is 228 g/mol. The number of carbonyl (C=O) groups excluding carboxylic acids is 1. The van der Waals surface area contributed by atoms with Crippen LogP contribution in [0.25, 0.3) is 10.9 Å². The van der Waals surface area contributed by atoms with Gasteiger partial charge >= 0.3 is 0 Å². The zero-order valence-corrected chi connectivity index (χ0v) is 10.3. The van der Waals surface area contributed by atoms with E-state index in [0.717, 1.165) is 16.6 Å². The molecule has 1 aromatic heterocycles. The number of nitrogens with zero attached hydrogens (tertiary/aromatic N) is 2. The third-order valence-corrected chi connectivity index (χ3v) is 2.86. The Morgan fingerprint density at radius 3 is 2.78 bits per heavy atom. The highest BCUT2D eigenvalue weighted by atomic mass is 16.1. The maximum atomic E-state index is 11.5. The molecule has 1 amide bonds.